The van der Waals surface area contributed by atoms with E-state index in [0.29, 0.717) is 12.4 Å². The second kappa shape index (κ2) is 5.67. The van der Waals surface area contributed by atoms with E-state index in [1.54, 1.807) is 7.05 Å². The first-order valence-electron chi connectivity index (χ1n) is 5.35. The molecule has 1 aromatic carbocycles. The van der Waals surface area contributed by atoms with Gasteiger partial charge in [0.05, 0.1) is 0 Å². The molecule has 0 saturated heterocycles. The molecule has 0 atom stereocenters. The average molecular weight is 244 g/mol. The van der Waals surface area contributed by atoms with Gasteiger partial charge in [-0.25, -0.2) is 4.79 Å². The molecule has 18 heavy (non-hydrogen) atoms. The van der Waals surface area contributed by atoms with Gasteiger partial charge >= 0.3 is 6.03 Å². The molecule has 0 aliphatic rings. The molecular weight excluding hydrogens is 232 g/mol. The van der Waals surface area contributed by atoms with Crippen LogP contribution in [0.4, 0.5) is 4.79 Å². The van der Waals surface area contributed by atoms with Crippen molar-refractivity contribution in [3.63, 3.8) is 0 Å². The molecule has 0 aliphatic carbocycles. The summed E-state index contributed by atoms with van der Waals surface area (Å²) < 4.78 is 0. The largest absolute Gasteiger partial charge is 0.341 e. The Balaban J connectivity index is 2.04. The van der Waals surface area contributed by atoms with Gasteiger partial charge < -0.3 is 10.6 Å². The molecule has 2 aromatic rings. The highest BCUT2D eigenvalue weighted by Crippen LogP contribution is 2.13. The lowest BCUT2D eigenvalue weighted by Gasteiger charge is -2.05. The van der Waals surface area contributed by atoms with E-state index in [4.69, 9.17) is 0 Å². The zero-order chi connectivity index (χ0) is 12.8. The topological polar surface area (TPSA) is 92.7 Å². The van der Waals surface area contributed by atoms with Crippen molar-refractivity contribution in [2.75, 3.05) is 7.05 Å². The van der Waals surface area contributed by atoms with Gasteiger partial charge in [0.15, 0.2) is 6.33 Å². The molecule has 2 N–H and O–H groups in total. The van der Waals surface area contributed by atoms with Gasteiger partial charge in [0.2, 0.25) is 5.82 Å². The Bertz CT molecular complexity index is 513. The minimum Gasteiger partial charge on any atom is -0.341 e. The molecule has 0 saturated carbocycles. The molecule has 1 aromatic heterocycles. The second-order valence-electron chi connectivity index (χ2n) is 3.50. The molecule has 0 radical (unpaired) electrons. The van der Waals surface area contributed by atoms with Gasteiger partial charge in [0, 0.05) is 19.2 Å². The van der Waals surface area contributed by atoms with Crippen molar-refractivity contribution in [1.82, 2.24) is 31.0 Å². The maximum Gasteiger partial charge on any atom is 0.314 e. The summed E-state index contributed by atoms with van der Waals surface area (Å²) in [6.45, 7) is 0.464. The predicted molar refractivity (Wildman–Crippen MR) is 64.4 cm³/mol. The van der Waals surface area contributed by atoms with Crippen LogP contribution in [0.5, 0.6) is 0 Å². The van der Waals surface area contributed by atoms with Crippen molar-refractivity contribution >= 4 is 6.03 Å². The lowest BCUT2D eigenvalue weighted by molar-refractivity contribution is 0.242. The third-order valence-electron chi connectivity index (χ3n) is 2.30. The number of amides is 2. The number of carbonyl (C=O) groups is 1. The molecule has 0 aliphatic heterocycles. The van der Waals surface area contributed by atoms with E-state index in [9.17, 15) is 4.79 Å². The second-order valence-corrected chi connectivity index (χ2v) is 3.50. The minimum absolute atomic E-state index is 0.209. The summed E-state index contributed by atoms with van der Waals surface area (Å²) >= 11 is 0. The van der Waals surface area contributed by atoms with Crippen molar-refractivity contribution in [2.45, 2.75) is 6.54 Å². The molecule has 0 bridgehead atoms. The Labute approximate surface area is 104 Å². The number of carbonyl (C=O) groups excluding carboxylic acids is 1. The highest BCUT2D eigenvalue weighted by atomic mass is 16.2. The Morgan fingerprint density at radius 3 is 2.44 bits per heavy atom. The van der Waals surface area contributed by atoms with Gasteiger partial charge in [-0.1, -0.05) is 24.3 Å². The monoisotopic (exact) mass is 244 g/mol. The van der Waals surface area contributed by atoms with Gasteiger partial charge in [0.25, 0.3) is 0 Å². The van der Waals surface area contributed by atoms with E-state index in [1.165, 1.54) is 6.33 Å². The summed E-state index contributed by atoms with van der Waals surface area (Å²) in [7, 11) is 1.57. The van der Waals surface area contributed by atoms with Crippen molar-refractivity contribution in [2.24, 2.45) is 0 Å². The van der Waals surface area contributed by atoms with Crippen LogP contribution < -0.4 is 10.6 Å². The number of hydrogen-bond acceptors (Lipinski definition) is 5. The number of rotatable bonds is 3. The lowest BCUT2D eigenvalue weighted by atomic mass is 10.1. The first-order valence-corrected chi connectivity index (χ1v) is 5.35. The van der Waals surface area contributed by atoms with Crippen LogP contribution in [0.2, 0.25) is 0 Å². The van der Waals surface area contributed by atoms with Crippen LogP contribution in [0.3, 0.4) is 0 Å². The number of nitrogens with one attached hydrogen (secondary N) is 2. The maximum atomic E-state index is 11.0. The average Bonchev–Trinajstić information content (AvgIpc) is 2.46. The van der Waals surface area contributed by atoms with Crippen LogP contribution in [0, 0.1) is 0 Å². The SMILES string of the molecule is CNC(=O)NCc1ccc(-c2nncnn2)cc1. The quantitative estimate of drug-likeness (QED) is 0.813. The van der Waals surface area contributed by atoms with E-state index in [0.717, 1.165) is 11.1 Å². The zero-order valence-electron chi connectivity index (χ0n) is 9.79. The fraction of sp³-hybridized carbons (Fsp3) is 0.182. The predicted octanol–water partition coefficient (Wildman–Crippen LogP) is 0.363. The van der Waals surface area contributed by atoms with Crippen molar-refractivity contribution in [1.29, 1.82) is 0 Å². The fourth-order valence-corrected chi connectivity index (χ4v) is 1.36. The normalized spacial score (nSPS) is 9.83. The van der Waals surface area contributed by atoms with Gasteiger partial charge in [-0.2, -0.15) is 0 Å². The summed E-state index contributed by atoms with van der Waals surface area (Å²) in [6, 6.07) is 7.29. The van der Waals surface area contributed by atoms with Crippen LogP contribution in [-0.4, -0.2) is 33.5 Å². The number of aromatic nitrogens is 4. The third kappa shape index (κ3) is 2.97. The minimum atomic E-state index is -0.209. The van der Waals surface area contributed by atoms with Crippen molar-refractivity contribution in [3.05, 3.63) is 36.2 Å². The van der Waals surface area contributed by atoms with Crippen LogP contribution in [0.25, 0.3) is 11.4 Å². The Morgan fingerprint density at radius 2 is 1.83 bits per heavy atom. The molecule has 0 unspecified atom stereocenters. The standard InChI is InChI=1S/C11H12N6O/c1-12-11(18)13-6-8-2-4-9(5-3-8)10-16-14-7-15-17-10/h2-5,7H,6H2,1H3,(H2,12,13,18). The van der Waals surface area contributed by atoms with E-state index < -0.39 is 0 Å². The fourth-order valence-electron chi connectivity index (χ4n) is 1.36. The molecule has 92 valence electrons. The van der Waals surface area contributed by atoms with Crippen LogP contribution in [-0.2, 0) is 6.54 Å². The molecule has 0 spiro atoms. The lowest BCUT2D eigenvalue weighted by Crippen LogP contribution is -2.32. The number of hydrogen-bond donors (Lipinski definition) is 2. The molecule has 2 rings (SSSR count). The zero-order valence-corrected chi connectivity index (χ0v) is 9.79. The van der Waals surface area contributed by atoms with Crippen molar-refractivity contribution in [3.8, 4) is 11.4 Å². The van der Waals surface area contributed by atoms with Crippen molar-refractivity contribution < 1.29 is 4.79 Å². The first-order chi connectivity index (χ1) is 8.79. The smallest absolute Gasteiger partial charge is 0.314 e. The Hall–Kier alpha value is -2.57. The van der Waals surface area contributed by atoms with Crippen LogP contribution >= 0.6 is 0 Å². The number of nitrogens with zero attached hydrogens (tertiary/aromatic N) is 4. The van der Waals surface area contributed by atoms with Gasteiger partial charge in [-0.3, -0.25) is 0 Å². The molecular formula is C11H12N6O. The Kier molecular flexibility index (Phi) is 3.75. The van der Waals surface area contributed by atoms with E-state index in [-0.39, 0.29) is 6.03 Å². The van der Waals surface area contributed by atoms with Crippen LogP contribution in [0.1, 0.15) is 5.56 Å². The van der Waals surface area contributed by atoms with E-state index in [1.807, 2.05) is 24.3 Å². The number of benzene rings is 1. The number of urea groups is 1. The highest BCUT2D eigenvalue weighted by Gasteiger charge is 2.02. The summed E-state index contributed by atoms with van der Waals surface area (Å²) in [5.41, 5.74) is 1.82. The van der Waals surface area contributed by atoms with Crippen LogP contribution in [0.15, 0.2) is 30.6 Å². The van der Waals surface area contributed by atoms with Gasteiger partial charge in [-0.05, 0) is 5.56 Å². The third-order valence-corrected chi connectivity index (χ3v) is 2.30. The summed E-state index contributed by atoms with van der Waals surface area (Å²) in [5.74, 6) is 0.475. The highest BCUT2D eigenvalue weighted by molar-refractivity contribution is 5.73. The van der Waals surface area contributed by atoms with Gasteiger partial charge in [-0.15, -0.1) is 20.4 Å². The molecule has 7 nitrogen and oxygen atoms in total. The van der Waals surface area contributed by atoms with E-state index >= 15 is 0 Å². The molecule has 1 heterocycles. The Morgan fingerprint density at radius 1 is 1.17 bits per heavy atom. The van der Waals surface area contributed by atoms with Gasteiger partial charge in [0.1, 0.15) is 0 Å². The summed E-state index contributed by atoms with van der Waals surface area (Å²) in [6.07, 6.45) is 1.28. The first kappa shape index (κ1) is 11.9. The molecule has 2 amide bonds. The van der Waals surface area contributed by atoms with E-state index in [2.05, 4.69) is 31.0 Å². The molecule has 0 fully saturated rings. The maximum absolute atomic E-state index is 11.0. The molecule has 7 heteroatoms. The summed E-state index contributed by atoms with van der Waals surface area (Å²) in [5, 5.41) is 20.2. The summed E-state index contributed by atoms with van der Waals surface area (Å²) in [4.78, 5) is 11.0.